The Bertz CT molecular complexity index is 448. The minimum atomic E-state index is -1.99. The Morgan fingerprint density at radius 1 is 1.53 bits per heavy atom. The minimum absolute atomic E-state index is 0.278. The average Bonchev–Trinajstić information content (AvgIpc) is 2.25. The molecule has 0 aromatic carbocycles. The van der Waals surface area contributed by atoms with Crippen molar-refractivity contribution in [1.29, 1.82) is 0 Å². The zero-order chi connectivity index (χ0) is 13.1. The number of nitrogens with one attached hydrogen (secondary N) is 1. The van der Waals surface area contributed by atoms with Crippen LogP contribution in [0.1, 0.15) is 17.3 Å². The number of hydrogen-bond donors (Lipinski definition) is 3. The lowest BCUT2D eigenvalue weighted by Gasteiger charge is -2.18. The summed E-state index contributed by atoms with van der Waals surface area (Å²) in [5.41, 5.74) is -1.71. The maximum Gasteiger partial charge on any atom is 0.337 e. The van der Waals surface area contributed by atoms with Gasteiger partial charge in [-0.3, -0.25) is 9.78 Å². The minimum Gasteiger partial charge on any atom is -0.479 e. The lowest BCUT2D eigenvalue weighted by Crippen LogP contribution is -2.46. The quantitative estimate of drug-likeness (QED) is 0.748. The van der Waals surface area contributed by atoms with Crippen LogP contribution in [-0.4, -0.2) is 39.2 Å². The first kappa shape index (κ1) is 13.6. The average molecular weight is 303 g/mol. The van der Waals surface area contributed by atoms with Crippen LogP contribution in [0.4, 0.5) is 0 Å². The topological polar surface area (TPSA) is 99.5 Å². The van der Waals surface area contributed by atoms with Crippen molar-refractivity contribution in [3.05, 3.63) is 28.5 Å². The number of carbonyl (C=O) groups excluding carboxylic acids is 1. The molecule has 0 aliphatic carbocycles. The monoisotopic (exact) mass is 302 g/mol. The highest BCUT2D eigenvalue weighted by Crippen LogP contribution is 2.09. The highest BCUT2D eigenvalue weighted by atomic mass is 79.9. The van der Waals surface area contributed by atoms with Gasteiger partial charge in [0, 0.05) is 16.9 Å². The Hall–Kier alpha value is -1.47. The third-order valence-electron chi connectivity index (χ3n) is 2.02. The van der Waals surface area contributed by atoms with Crippen LogP contribution in [-0.2, 0) is 4.79 Å². The van der Waals surface area contributed by atoms with E-state index in [4.69, 9.17) is 5.11 Å². The molecule has 92 valence electrons. The van der Waals surface area contributed by atoms with Crippen LogP contribution < -0.4 is 5.32 Å². The maximum atomic E-state index is 11.6. The molecule has 6 nitrogen and oxygen atoms in total. The van der Waals surface area contributed by atoms with E-state index in [1.165, 1.54) is 18.5 Å². The molecule has 1 heterocycles. The molecule has 1 aromatic heterocycles. The van der Waals surface area contributed by atoms with E-state index in [2.05, 4.69) is 26.2 Å². The summed E-state index contributed by atoms with van der Waals surface area (Å²) in [6.45, 7) is 0.725. The number of carboxylic acids is 1. The van der Waals surface area contributed by atoms with Crippen LogP contribution in [0.25, 0.3) is 0 Å². The number of aromatic nitrogens is 1. The van der Waals surface area contributed by atoms with Crippen LogP contribution in [0.5, 0.6) is 0 Å². The van der Waals surface area contributed by atoms with Crippen molar-refractivity contribution in [3.63, 3.8) is 0 Å². The summed E-state index contributed by atoms with van der Waals surface area (Å²) in [5.74, 6) is -1.90. The highest BCUT2D eigenvalue weighted by molar-refractivity contribution is 9.10. The number of rotatable bonds is 4. The molecule has 3 N–H and O–H groups in total. The van der Waals surface area contributed by atoms with Crippen molar-refractivity contribution >= 4 is 27.8 Å². The molecule has 0 bridgehead atoms. The van der Waals surface area contributed by atoms with Gasteiger partial charge in [-0.2, -0.15) is 0 Å². The Morgan fingerprint density at radius 2 is 2.18 bits per heavy atom. The Kier molecular flexibility index (Phi) is 4.19. The van der Waals surface area contributed by atoms with Crippen LogP contribution in [0.3, 0.4) is 0 Å². The van der Waals surface area contributed by atoms with Crippen LogP contribution in [0.2, 0.25) is 0 Å². The number of carboxylic acid groups (broad SMARTS) is 1. The molecule has 0 saturated heterocycles. The molecular weight excluding hydrogens is 292 g/mol. The van der Waals surface area contributed by atoms with E-state index >= 15 is 0 Å². The van der Waals surface area contributed by atoms with Crippen molar-refractivity contribution < 1.29 is 19.8 Å². The fourth-order valence-electron chi connectivity index (χ4n) is 0.966. The van der Waals surface area contributed by atoms with Gasteiger partial charge in [0.2, 0.25) is 0 Å². The zero-order valence-corrected chi connectivity index (χ0v) is 10.6. The molecule has 0 spiro atoms. The largest absolute Gasteiger partial charge is 0.479 e. The number of hydrogen-bond acceptors (Lipinski definition) is 4. The van der Waals surface area contributed by atoms with E-state index < -0.39 is 17.5 Å². The van der Waals surface area contributed by atoms with Gasteiger partial charge < -0.3 is 15.5 Å². The van der Waals surface area contributed by atoms with Gasteiger partial charge in [0.05, 0.1) is 12.1 Å². The first-order valence-corrected chi connectivity index (χ1v) is 5.47. The summed E-state index contributed by atoms with van der Waals surface area (Å²) < 4.78 is 0.634. The van der Waals surface area contributed by atoms with Gasteiger partial charge in [-0.05, 0) is 28.9 Å². The fraction of sp³-hybridized carbons (Fsp3) is 0.300. The molecule has 1 atom stereocenters. The first-order valence-electron chi connectivity index (χ1n) is 4.67. The van der Waals surface area contributed by atoms with Gasteiger partial charge >= 0.3 is 5.97 Å². The summed E-state index contributed by atoms with van der Waals surface area (Å²) in [6.07, 6.45) is 2.86. The Labute approximate surface area is 106 Å². The molecule has 0 aliphatic heterocycles. The number of nitrogens with zero attached hydrogens (tertiary/aromatic N) is 1. The molecule has 1 rings (SSSR count). The number of amides is 1. The maximum absolute atomic E-state index is 11.6. The van der Waals surface area contributed by atoms with Gasteiger partial charge in [-0.25, -0.2) is 4.79 Å². The van der Waals surface area contributed by atoms with Gasteiger partial charge in [-0.15, -0.1) is 0 Å². The first-order chi connectivity index (χ1) is 7.83. The van der Waals surface area contributed by atoms with E-state index in [1.54, 1.807) is 0 Å². The van der Waals surface area contributed by atoms with E-state index in [-0.39, 0.29) is 12.1 Å². The van der Waals surface area contributed by atoms with Gasteiger partial charge in [0.25, 0.3) is 5.91 Å². The van der Waals surface area contributed by atoms with E-state index in [0.29, 0.717) is 4.47 Å². The van der Waals surface area contributed by atoms with Gasteiger partial charge in [0.15, 0.2) is 5.60 Å². The van der Waals surface area contributed by atoms with Crippen LogP contribution >= 0.6 is 15.9 Å². The second-order valence-corrected chi connectivity index (χ2v) is 4.57. The molecule has 1 amide bonds. The predicted octanol–water partition coefficient (Wildman–Crippen LogP) is 0.409. The van der Waals surface area contributed by atoms with Crippen LogP contribution in [0.15, 0.2) is 22.9 Å². The van der Waals surface area contributed by atoms with Crippen molar-refractivity contribution in [1.82, 2.24) is 10.3 Å². The van der Waals surface area contributed by atoms with Gasteiger partial charge in [0.1, 0.15) is 0 Å². The number of pyridine rings is 1. The van der Waals surface area contributed by atoms with E-state index in [0.717, 1.165) is 6.92 Å². The number of halogens is 1. The normalized spacial score (nSPS) is 13.8. The third kappa shape index (κ3) is 3.79. The molecule has 0 saturated carbocycles. The van der Waals surface area contributed by atoms with Crippen molar-refractivity contribution in [2.45, 2.75) is 12.5 Å². The molecule has 0 aliphatic rings. The molecule has 7 heteroatoms. The van der Waals surface area contributed by atoms with Crippen LogP contribution in [0, 0.1) is 0 Å². The Balaban J connectivity index is 2.65. The summed E-state index contributed by atoms with van der Waals surface area (Å²) in [6, 6.07) is 1.54. The summed E-state index contributed by atoms with van der Waals surface area (Å²) in [5, 5.41) is 20.4. The highest BCUT2D eigenvalue weighted by Gasteiger charge is 2.30. The van der Waals surface area contributed by atoms with E-state index in [1.807, 2.05) is 0 Å². The third-order valence-corrected chi connectivity index (χ3v) is 2.45. The summed E-state index contributed by atoms with van der Waals surface area (Å²) in [7, 11) is 0. The smallest absolute Gasteiger partial charge is 0.337 e. The lowest BCUT2D eigenvalue weighted by atomic mass is 10.1. The number of aliphatic carboxylic acids is 1. The zero-order valence-electron chi connectivity index (χ0n) is 8.98. The SMILES string of the molecule is CC(O)(CNC(=O)c1cncc(Br)c1)C(=O)O. The predicted molar refractivity (Wildman–Crippen MR) is 62.5 cm³/mol. The van der Waals surface area contributed by atoms with Crippen molar-refractivity contribution in [3.8, 4) is 0 Å². The Morgan fingerprint density at radius 3 is 2.71 bits per heavy atom. The fourth-order valence-corrected chi connectivity index (χ4v) is 1.33. The lowest BCUT2D eigenvalue weighted by molar-refractivity contribution is -0.155. The van der Waals surface area contributed by atoms with E-state index in [9.17, 15) is 14.7 Å². The summed E-state index contributed by atoms with van der Waals surface area (Å²) >= 11 is 3.16. The standard InChI is InChI=1S/C10H11BrN2O4/c1-10(17,9(15)16)5-13-8(14)6-2-7(11)4-12-3-6/h2-4,17H,5H2,1H3,(H,13,14)(H,15,16). The molecule has 0 radical (unpaired) electrons. The number of carbonyl (C=O) groups is 2. The second kappa shape index (κ2) is 5.24. The van der Waals surface area contributed by atoms with Crippen molar-refractivity contribution in [2.75, 3.05) is 6.54 Å². The molecule has 17 heavy (non-hydrogen) atoms. The second-order valence-electron chi connectivity index (χ2n) is 3.65. The summed E-state index contributed by atoms with van der Waals surface area (Å²) in [4.78, 5) is 26.0. The van der Waals surface area contributed by atoms with Gasteiger partial charge in [-0.1, -0.05) is 0 Å². The number of aliphatic hydroxyl groups is 1. The van der Waals surface area contributed by atoms with Crippen molar-refractivity contribution in [2.24, 2.45) is 0 Å². The molecule has 0 fully saturated rings. The molecular formula is C10H11BrN2O4. The molecule has 1 unspecified atom stereocenters. The molecule has 1 aromatic rings.